The number of nitrogens with one attached hydrogen (secondary N) is 2. The largest absolute Gasteiger partial charge is 0.381 e. The summed E-state index contributed by atoms with van der Waals surface area (Å²) in [5, 5.41) is 12.6. The van der Waals surface area contributed by atoms with Crippen LogP contribution < -0.4 is 10.6 Å². The van der Waals surface area contributed by atoms with Crippen molar-refractivity contribution in [2.24, 2.45) is 0 Å². The highest BCUT2D eigenvalue weighted by atomic mass is 14.9. The van der Waals surface area contributed by atoms with Gasteiger partial charge < -0.3 is 10.6 Å². The van der Waals surface area contributed by atoms with Crippen LogP contribution in [0.3, 0.4) is 0 Å². The summed E-state index contributed by atoms with van der Waals surface area (Å²) >= 11 is 0. The summed E-state index contributed by atoms with van der Waals surface area (Å²) in [6, 6.07) is 48.4. The Morgan fingerprint density at radius 2 is 1.22 bits per heavy atom. The first kappa shape index (κ1) is 27.0. The van der Waals surface area contributed by atoms with Gasteiger partial charge >= 0.3 is 0 Å². The van der Waals surface area contributed by atoms with Crippen LogP contribution in [0.4, 0.5) is 0 Å². The molecule has 0 aliphatic carbocycles. The fourth-order valence-electron chi connectivity index (χ4n) is 6.61. The van der Waals surface area contributed by atoms with E-state index in [1.165, 1.54) is 66.1 Å². The molecule has 6 aromatic rings. The monoisotopic (exact) mass is 578 g/mol. The topological polar surface area (TPSA) is 24.1 Å². The van der Waals surface area contributed by atoms with E-state index in [1.54, 1.807) is 0 Å². The molecule has 2 heteroatoms. The lowest BCUT2D eigenvalue weighted by Crippen LogP contribution is -2.21. The molecule has 0 saturated heterocycles. The number of dihydropyridines is 2. The minimum absolute atomic E-state index is 0.0487. The Hall–Kier alpha value is -5.60. The standard InChI is InChI=1S/C43H34N2/c1-29-20-21-41(44-28-29)36-23-33(22-35(24-36)40-25-32-16-8-9-17-37(32)38-18-10-11-19-39(38)40)34-26-42(30-12-4-2-5-13-30)45-43(27-34)31-14-6-3-7-15-31/h2-27,42,44-45H,28H2,1H3. The van der Waals surface area contributed by atoms with Gasteiger partial charge in [0.2, 0.25) is 0 Å². The molecule has 2 nitrogen and oxygen atoms in total. The zero-order valence-electron chi connectivity index (χ0n) is 25.3. The van der Waals surface area contributed by atoms with Crippen molar-refractivity contribution in [1.82, 2.24) is 10.6 Å². The van der Waals surface area contributed by atoms with E-state index in [0.717, 1.165) is 17.9 Å². The van der Waals surface area contributed by atoms with Crippen LogP contribution in [-0.2, 0) is 0 Å². The van der Waals surface area contributed by atoms with Crippen molar-refractivity contribution >= 4 is 38.5 Å². The molecule has 0 bridgehead atoms. The fourth-order valence-corrected chi connectivity index (χ4v) is 6.61. The Morgan fingerprint density at radius 1 is 0.556 bits per heavy atom. The third-order valence-corrected chi connectivity index (χ3v) is 8.95. The number of hydrogen-bond acceptors (Lipinski definition) is 2. The third kappa shape index (κ3) is 5.25. The van der Waals surface area contributed by atoms with E-state index in [1.807, 2.05) is 0 Å². The van der Waals surface area contributed by atoms with Crippen molar-refractivity contribution < 1.29 is 0 Å². The van der Waals surface area contributed by atoms with Gasteiger partial charge in [0.1, 0.15) is 0 Å². The van der Waals surface area contributed by atoms with Crippen molar-refractivity contribution in [3.63, 3.8) is 0 Å². The Morgan fingerprint density at radius 3 is 2.00 bits per heavy atom. The number of rotatable bonds is 5. The zero-order valence-corrected chi connectivity index (χ0v) is 25.3. The molecule has 1 unspecified atom stereocenters. The summed E-state index contributed by atoms with van der Waals surface area (Å²) in [5.74, 6) is 0. The van der Waals surface area contributed by atoms with Crippen molar-refractivity contribution in [2.75, 3.05) is 6.54 Å². The van der Waals surface area contributed by atoms with Gasteiger partial charge in [-0.3, -0.25) is 0 Å². The smallest absolute Gasteiger partial charge is 0.0707 e. The number of fused-ring (bicyclic) bond motifs is 3. The van der Waals surface area contributed by atoms with E-state index in [0.29, 0.717) is 0 Å². The average Bonchev–Trinajstić information content (AvgIpc) is 3.12. The van der Waals surface area contributed by atoms with Gasteiger partial charge in [-0.15, -0.1) is 0 Å². The van der Waals surface area contributed by atoms with Crippen molar-refractivity contribution in [1.29, 1.82) is 0 Å². The lowest BCUT2D eigenvalue weighted by Gasteiger charge is -2.26. The van der Waals surface area contributed by atoms with Crippen molar-refractivity contribution in [3.8, 4) is 11.1 Å². The van der Waals surface area contributed by atoms with E-state index in [-0.39, 0.29) is 6.04 Å². The Labute approximate surface area is 264 Å². The molecular weight excluding hydrogens is 544 g/mol. The SMILES string of the molecule is CC1=CC=C(c2cc(C3=CC(c4ccccc4)NC(c4ccccc4)=C3)cc(-c3cc4ccccc4c4ccccc34)c2)NC1. The second-order valence-electron chi connectivity index (χ2n) is 12.0. The lowest BCUT2D eigenvalue weighted by molar-refractivity contribution is 0.767. The zero-order chi connectivity index (χ0) is 30.2. The van der Waals surface area contributed by atoms with Gasteiger partial charge in [-0.2, -0.15) is 0 Å². The highest BCUT2D eigenvalue weighted by Gasteiger charge is 2.20. The van der Waals surface area contributed by atoms with Gasteiger partial charge in [0.05, 0.1) is 6.04 Å². The molecule has 0 radical (unpaired) electrons. The lowest BCUT2D eigenvalue weighted by atomic mass is 9.88. The molecule has 6 aromatic carbocycles. The molecule has 45 heavy (non-hydrogen) atoms. The van der Waals surface area contributed by atoms with Gasteiger partial charge in [-0.25, -0.2) is 0 Å². The van der Waals surface area contributed by atoms with E-state index in [9.17, 15) is 0 Å². The predicted molar refractivity (Wildman–Crippen MR) is 191 cm³/mol. The van der Waals surface area contributed by atoms with E-state index < -0.39 is 0 Å². The van der Waals surface area contributed by atoms with Crippen LogP contribution in [0.2, 0.25) is 0 Å². The van der Waals surface area contributed by atoms with Gasteiger partial charge in [0, 0.05) is 17.9 Å². The van der Waals surface area contributed by atoms with Crippen LogP contribution in [-0.4, -0.2) is 6.54 Å². The molecule has 216 valence electrons. The molecule has 0 saturated carbocycles. The highest BCUT2D eigenvalue weighted by Crippen LogP contribution is 2.39. The quantitative estimate of drug-likeness (QED) is 0.199. The van der Waals surface area contributed by atoms with Crippen LogP contribution in [0, 0.1) is 0 Å². The molecule has 1 atom stereocenters. The van der Waals surface area contributed by atoms with Gasteiger partial charge in [-0.05, 0) is 110 Å². The molecule has 8 rings (SSSR count). The first-order valence-corrected chi connectivity index (χ1v) is 15.7. The van der Waals surface area contributed by atoms with E-state index >= 15 is 0 Å². The molecule has 2 aliphatic heterocycles. The number of allylic oxidation sites excluding steroid dienone is 4. The van der Waals surface area contributed by atoms with Crippen LogP contribution in [0.15, 0.2) is 163 Å². The van der Waals surface area contributed by atoms with Crippen molar-refractivity contribution in [3.05, 3.63) is 186 Å². The van der Waals surface area contributed by atoms with Gasteiger partial charge in [-0.1, -0.05) is 121 Å². The number of hydrogen-bond donors (Lipinski definition) is 2. The summed E-state index contributed by atoms with van der Waals surface area (Å²) in [5.41, 5.74) is 12.1. The summed E-state index contributed by atoms with van der Waals surface area (Å²) in [6.45, 7) is 3.02. The summed E-state index contributed by atoms with van der Waals surface area (Å²) in [6.07, 6.45) is 9.13. The second kappa shape index (κ2) is 11.5. The van der Waals surface area contributed by atoms with Crippen molar-refractivity contribution in [2.45, 2.75) is 13.0 Å². The molecule has 0 amide bonds. The average molecular weight is 579 g/mol. The molecule has 0 aromatic heterocycles. The molecule has 2 heterocycles. The first-order valence-electron chi connectivity index (χ1n) is 15.7. The molecule has 0 spiro atoms. The predicted octanol–water partition coefficient (Wildman–Crippen LogP) is 10.3. The fraction of sp³-hybridized carbons (Fsp3) is 0.0698. The summed E-state index contributed by atoms with van der Waals surface area (Å²) in [4.78, 5) is 0. The van der Waals surface area contributed by atoms with Gasteiger partial charge in [0.25, 0.3) is 0 Å². The number of benzene rings is 6. The minimum atomic E-state index is 0.0487. The Balaban J connectivity index is 1.36. The van der Waals surface area contributed by atoms with Crippen LogP contribution in [0.5, 0.6) is 0 Å². The summed E-state index contributed by atoms with van der Waals surface area (Å²) in [7, 11) is 0. The van der Waals surface area contributed by atoms with Gasteiger partial charge in [0.15, 0.2) is 0 Å². The maximum Gasteiger partial charge on any atom is 0.0707 e. The maximum atomic E-state index is 3.81. The highest BCUT2D eigenvalue weighted by molar-refractivity contribution is 6.14. The Kier molecular flexibility index (Phi) is 6.88. The van der Waals surface area contributed by atoms with Crippen LogP contribution in [0.25, 0.3) is 49.6 Å². The van der Waals surface area contributed by atoms with Crippen LogP contribution in [0.1, 0.15) is 35.2 Å². The first-order chi connectivity index (χ1) is 22.2. The van der Waals surface area contributed by atoms with E-state index in [4.69, 9.17) is 0 Å². The maximum absolute atomic E-state index is 3.81. The molecule has 0 fully saturated rings. The molecule has 2 aliphatic rings. The third-order valence-electron chi connectivity index (χ3n) is 8.95. The second-order valence-corrected chi connectivity index (χ2v) is 12.0. The molecular formula is C43H34N2. The summed E-state index contributed by atoms with van der Waals surface area (Å²) < 4.78 is 0. The van der Waals surface area contributed by atoms with Crippen LogP contribution >= 0.6 is 0 Å². The van der Waals surface area contributed by atoms with E-state index in [2.05, 4.69) is 175 Å². The minimum Gasteiger partial charge on any atom is -0.381 e. The molecule has 2 N–H and O–H groups in total. The normalized spacial score (nSPS) is 16.2. The Bertz CT molecular complexity index is 2180.